The molecule has 0 unspecified atom stereocenters. The fourth-order valence-electron chi connectivity index (χ4n) is 3.94. The fraction of sp³-hybridized carbons (Fsp3) is 0.714. The predicted molar refractivity (Wildman–Crippen MR) is 95.8 cm³/mol. The van der Waals surface area contributed by atoms with Gasteiger partial charge in [-0.25, -0.2) is 0 Å². The summed E-state index contributed by atoms with van der Waals surface area (Å²) in [5, 5.41) is 0. The minimum absolute atomic E-state index is 0.131. The summed E-state index contributed by atoms with van der Waals surface area (Å²) < 4.78 is 40.6. The minimum Gasteiger partial charge on any atom is -0.406 e. The summed E-state index contributed by atoms with van der Waals surface area (Å²) in [6.07, 6.45) is 9.65. The Morgan fingerprint density at radius 2 is 1.48 bits per heavy atom. The lowest BCUT2D eigenvalue weighted by atomic mass is 9.77. The Labute approximate surface area is 150 Å². The van der Waals surface area contributed by atoms with E-state index in [1.54, 1.807) is 12.1 Å². The molecule has 0 bridgehead atoms. The summed E-state index contributed by atoms with van der Waals surface area (Å²) in [6, 6.07) is 6.45. The molecular weight excluding hydrogens is 325 g/mol. The van der Waals surface area contributed by atoms with E-state index in [0.29, 0.717) is 5.92 Å². The normalized spacial score (nSPS) is 21.3. The third kappa shape index (κ3) is 7.70. The standard InChI is InChI=1S/C21H31F3O/c1-2-3-4-5-6-7-8-17-9-11-18(12-10-17)19-13-15-20(16-14-19)25-21(22,23)24/h13-18H,2-12H2,1H3. The van der Waals surface area contributed by atoms with Gasteiger partial charge in [0.2, 0.25) is 0 Å². The molecule has 1 aliphatic carbocycles. The molecule has 1 aliphatic rings. The Morgan fingerprint density at radius 1 is 0.880 bits per heavy atom. The molecule has 0 N–H and O–H groups in total. The van der Waals surface area contributed by atoms with E-state index in [4.69, 9.17) is 0 Å². The zero-order valence-electron chi connectivity index (χ0n) is 15.3. The summed E-state index contributed by atoms with van der Waals surface area (Å²) in [6.45, 7) is 2.25. The molecule has 0 spiro atoms. The molecule has 1 aromatic carbocycles. The molecule has 0 amide bonds. The highest BCUT2D eigenvalue weighted by Gasteiger charge is 2.31. The lowest BCUT2D eigenvalue weighted by Gasteiger charge is -2.29. The highest BCUT2D eigenvalue weighted by atomic mass is 19.4. The van der Waals surface area contributed by atoms with Gasteiger partial charge in [0.15, 0.2) is 0 Å². The summed E-state index contributed by atoms with van der Waals surface area (Å²) in [5.74, 6) is 1.20. The predicted octanol–water partition coefficient (Wildman–Crippen LogP) is 7.61. The van der Waals surface area contributed by atoms with Gasteiger partial charge in [-0.05, 0) is 55.2 Å². The van der Waals surface area contributed by atoms with Crippen molar-refractivity contribution in [2.45, 2.75) is 89.8 Å². The maximum atomic E-state index is 12.2. The molecule has 0 radical (unpaired) electrons. The van der Waals surface area contributed by atoms with Gasteiger partial charge in [-0.3, -0.25) is 0 Å². The van der Waals surface area contributed by atoms with Crippen LogP contribution in [-0.4, -0.2) is 6.36 Å². The molecule has 1 nitrogen and oxygen atoms in total. The van der Waals surface area contributed by atoms with Crippen LogP contribution in [0.3, 0.4) is 0 Å². The van der Waals surface area contributed by atoms with Gasteiger partial charge in [-0.1, -0.05) is 64.0 Å². The second kappa shape index (κ2) is 10.1. The molecule has 25 heavy (non-hydrogen) atoms. The van der Waals surface area contributed by atoms with E-state index in [0.717, 1.165) is 24.3 Å². The highest BCUT2D eigenvalue weighted by Crippen LogP contribution is 2.38. The van der Waals surface area contributed by atoms with E-state index in [1.807, 2.05) is 0 Å². The molecule has 2 rings (SSSR count). The highest BCUT2D eigenvalue weighted by molar-refractivity contribution is 5.29. The van der Waals surface area contributed by atoms with E-state index in [1.165, 1.54) is 69.9 Å². The van der Waals surface area contributed by atoms with Crippen LogP contribution < -0.4 is 4.74 Å². The van der Waals surface area contributed by atoms with Crippen molar-refractivity contribution in [2.24, 2.45) is 5.92 Å². The van der Waals surface area contributed by atoms with E-state index < -0.39 is 6.36 Å². The zero-order chi connectivity index (χ0) is 18.1. The number of halogens is 3. The number of alkyl halides is 3. The van der Waals surface area contributed by atoms with Crippen molar-refractivity contribution >= 4 is 0 Å². The summed E-state index contributed by atoms with van der Waals surface area (Å²) in [5.41, 5.74) is 1.15. The van der Waals surface area contributed by atoms with Gasteiger partial charge in [0, 0.05) is 0 Å². The molecular formula is C21H31F3O. The molecule has 0 aromatic heterocycles. The van der Waals surface area contributed by atoms with Crippen LogP contribution in [0.25, 0.3) is 0 Å². The fourth-order valence-corrected chi connectivity index (χ4v) is 3.94. The number of hydrogen-bond acceptors (Lipinski definition) is 1. The third-order valence-electron chi connectivity index (χ3n) is 5.40. The SMILES string of the molecule is CCCCCCCCC1CCC(c2ccc(OC(F)(F)F)cc2)CC1. The molecule has 4 heteroatoms. The molecule has 0 heterocycles. The van der Waals surface area contributed by atoms with Crippen LogP contribution in [0, 0.1) is 5.92 Å². The molecule has 1 fully saturated rings. The first-order valence-electron chi connectivity index (χ1n) is 9.83. The average Bonchev–Trinajstić information content (AvgIpc) is 2.58. The molecule has 142 valence electrons. The van der Waals surface area contributed by atoms with E-state index in [-0.39, 0.29) is 5.75 Å². The Morgan fingerprint density at radius 3 is 2.08 bits per heavy atom. The first kappa shape index (κ1) is 20.1. The quantitative estimate of drug-likeness (QED) is 0.414. The van der Waals surface area contributed by atoms with Crippen LogP contribution in [0.1, 0.15) is 89.0 Å². The first-order chi connectivity index (χ1) is 12.0. The minimum atomic E-state index is -4.61. The second-order valence-electron chi connectivity index (χ2n) is 7.39. The first-order valence-corrected chi connectivity index (χ1v) is 9.83. The van der Waals surface area contributed by atoms with Crippen LogP contribution >= 0.6 is 0 Å². The molecule has 0 aliphatic heterocycles. The topological polar surface area (TPSA) is 9.23 Å². The van der Waals surface area contributed by atoms with Crippen molar-refractivity contribution in [3.05, 3.63) is 29.8 Å². The number of ether oxygens (including phenoxy) is 1. The van der Waals surface area contributed by atoms with E-state index in [9.17, 15) is 13.2 Å². The molecule has 1 aromatic rings. The van der Waals surface area contributed by atoms with Crippen LogP contribution in [0.5, 0.6) is 5.75 Å². The smallest absolute Gasteiger partial charge is 0.406 e. The molecule has 1 saturated carbocycles. The number of hydrogen-bond donors (Lipinski definition) is 0. The second-order valence-corrected chi connectivity index (χ2v) is 7.39. The Hall–Kier alpha value is -1.19. The van der Waals surface area contributed by atoms with Gasteiger partial charge in [0.1, 0.15) is 5.75 Å². The zero-order valence-corrected chi connectivity index (χ0v) is 15.3. The van der Waals surface area contributed by atoms with Crippen molar-refractivity contribution < 1.29 is 17.9 Å². The van der Waals surface area contributed by atoms with Gasteiger partial charge >= 0.3 is 6.36 Å². The Kier molecular flexibility index (Phi) is 8.11. The number of unbranched alkanes of at least 4 members (excludes halogenated alkanes) is 5. The maximum absolute atomic E-state index is 12.2. The van der Waals surface area contributed by atoms with Gasteiger partial charge < -0.3 is 4.74 Å². The number of benzene rings is 1. The van der Waals surface area contributed by atoms with Crippen molar-refractivity contribution in [1.82, 2.24) is 0 Å². The largest absolute Gasteiger partial charge is 0.573 e. The monoisotopic (exact) mass is 356 g/mol. The van der Waals surface area contributed by atoms with Gasteiger partial charge in [-0.15, -0.1) is 13.2 Å². The lowest BCUT2D eigenvalue weighted by Crippen LogP contribution is -2.17. The van der Waals surface area contributed by atoms with Crippen LogP contribution in [0.4, 0.5) is 13.2 Å². The lowest BCUT2D eigenvalue weighted by molar-refractivity contribution is -0.274. The van der Waals surface area contributed by atoms with E-state index >= 15 is 0 Å². The van der Waals surface area contributed by atoms with Crippen molar-refractivity contribution in [3.63, 3.8) is 0 Å². The summed E-state index contributed by atoms with van der Waals surface area (Å²) in [4.78, 5) is 0. The summed E-state index contributed by atoms with van der Waals surface area (Å²) >= 11 is 0. The van der Waals surface area contributed by atoms with Crippen molar-refractivity contribution in [3.8, 4) is 5.75 Å². The average molecular weight is 356 g/mol. The van der Waals surface area contributed by atoms with Crippen LogP contribution in [0.15, 0.2) is 24.3 Å². The molecule has 0 atom stereocenters. The van der Waals surface area contributed by atoms with Crippen LogP contribution in [0.2, 0.25) is 0 Å². The van der Waals surface area contributed by atoms with Gasteiger partial charge in [0.05, 0.1) is 0 Å². The van der Waals surface area contributed by atoms with Gasteiger partial charge in [0.25, 0.3) is 0 Å². The number of rotatable bonds is 9. The van der Waals surface area contributed by atoms with Crippen molar-refractivity contribution in [2.75, 3.05) is 0 Å². The van der Waals surface area contributed by atoms with Gasteiger partial charge in [-0.2, -0.15) is 0 Å². The molecule has 0 saturated heterocycles. The Balaban J connectivity index is 1.67. The summed E-state index contributed by atoms with van der Waals surface area (Å²) in [7, 11) is 0. The Bertz CT molecular complexity index is 473. The van der Waals surface area contributed by atoms with E-state index in [2.05, 4.69) is 11.7 Å². The van der Waals surface area contributed by atoms with Crippen molar-refractivity contribution in [1.29, 1.82) is 0 Å². The third-order valence-corrected chi connectivity index (χ3v) is 5.40. The maximum Gasteiger partial charge on any atom is 0.573 e. The van der Waals surface area contributed by atoms with Crippen LogP contribution in [-0.2, 0) is 0 Å².